The van der Waals surface area contributed by atoms with E-state index in [1.165, 1.54) is 41.7 Å². The minimum Gasteiger partial charge on any atom is -0.495 e. The maximum absolute atomic E-state index is 12.9. The fraction of sp³-hybridized carbons (Fsp3) is 0.333. The molecule has 1 heterocycles. The van der Waals surface area contributed by atoms with E-state index in [1.807, 2.05) is 0 Å². The number of sulfonamides is 2. The fourth-order valence-electron chi connectivity index (χ4n) is 3.04. The van der Waals surface area contributed by atoms with Gasteiger partial charge in [0, 0.05) is 13.1 Å². The van der Waals surface area contributed by atoms with E-state index in [4.69, 9.17) is 16.3 Å². The smallest absolute Gasteiger partial charge is 0.263 e. The average molecular weight is 445 g/mol. The summed E-state index contributed by atoms with van der Waals surface area (Å²) in [4.78, 5) is -0.102. The third kappa shape index (κ3) is 4.27. The minimum absolute atomic E-state index is 0.00654. The molecule has 0 amide bonds. The fourth-order valence-corrected chi connectivity index (χ4v) is 6.17. The summed E-state index contributed by atoms with van der Waals surface area (Å²) in [5, 5.41) is 0.0612. The second kappa shape index (κ2) is 8.28. The quantitative estimate of drug-likeness (QED) is 0.737. The van der Waals surface area contributed by atoms with Crippen LogP contribution in [0.5, 0.6) is 5.75 Å². The summed E-state index contributed by atoms with van der Waals surface area (Å²) in [7, 11) is -6.38. The van der Waals surface area contributed by atoms with Gasteiger partial charge in [0.05, 0.1) is 22.7 Å². The van der Waals surface area contributed by atoms with Crippen molar-refractivity contribution >= 4 is 37.3 Å². The number of ether oxygens (including phenoxy) is 1. The summed E-state index contributed by atoms with van der Waals surface area (Å²) >= 11 is 6.00. The number of nitrogens with one attached hydrogen (secondary N) is 1. The summed E-state index contributed by atoms with van der Waals surface area (Å²) in [5.41, 5.74) is 0.0282. The highest BCUT2D eigenvalue weighted by atomic mass is 35.5. The van der Waals surface area contributed by atoms with Crippen molar-refractivity contribution < 1.29 is 21.6 Å². The van der Waals surface area contributed by atoms with Crippen molar-refractivity contribution in [3.63, 3.8) is 0 Å². The number of halogens is 1. The molecule has 152 valence electrons. The summed E-state index contributed by atoms with van der Waals surface area (Å²) in [6.07, 6.45) is 2.61. The van der Waals surface area contributed by atoms with E-state index in [0.717, 1.165) is 19.3 Å². The van der Waals surface area contributed by atoms with E-state index in [9.17, 15) is 16.8 Å². The molecule has 0 aromatic heterocycles. The SMILES string of the molecule is COc1ccc(S(=O)(=O)N2CCCCC2)cc1NS(=O)(=O)c1ccccc1Cl. The molecule has 1 saturated heterocycles. The van der Waals surface area contributed by atoms with Gasteiger partial charge in [-0.1, -0.05) is 30.2 Å². The Morgan fingerprint density at radius 3 is 2.32 bits per heavy atom. The Balaban J connectivity index is 1.99. The van der Waals surface area contributed by atoms with Gasteiger partial charge in [0.2, 0.25) is 10.0 Å². The van der Waals surface area contributed by atoms with Gasteiger partial charge in [0.25, 0.3) is 10.0 Å². The molecule has 7 nitrogen and oxygen atoms in total. The van der Waals surface area contributed by atoms with Crippen molar-refractivity contribution in [2.75, 3.05) is 24.9 Å². The van der Waals surface area contributed by atoms with Crippen LogP contribution in [0.15, 0.2) is 52.3 Å². The first kappa shape index (κ1) is 20.9. The van der Waals surface area contributed by atoms with Gasteiger partial charge in [-0.05, 0) is 43.2 Å². The Labute approximate surface area is 170 Å². The third-order valence-corrected chi connectivity index (χ3v) is 8.25. The molecular weight excluding hydrogens is 424 g/mol. The Bertz CT molecular complexity index is 1070. The predicted octanol–water partition coefficient (Wildman–Crippen LogP) is 3.32. The first-order chi connectivity index (χ1) is 13.3. The molecule has 10 heteroatoms. The normalized spacial score (nSPS) is 15.9. The molecule has 2 aromatic carbocycles. The zero-order valence-electron chi connectivity index (χ0n) is 15.3. The molecule has 0 unspecified atom stereocenters. The van der Waals surface area contributed by atoms with Crippen molar-refractivity contribution in [3.8, 4) is 5.75 Å². The van der Waals surface area contributed by atoms with E-state index in [1.54, 1.807) is 12.1 Å². The van der Waals surface area contributed by atoms with Crippen LogP contribution in [0, 0.1) is 0 Å². The molecule has 1 aliphatic heterocycles. The van der Waals surface area contributed by atoms with Gasteiger partial charge in [-0.15, -0.1) is 0 Å². The number of hydrogen-bond donors (Lipinski definition) is 1. The average Bonchev–Trinajstić information content (AvgIpc) is 2.68. The number of rotatable bonds is 6. The lowest BCUT2D eigenvalue weighted by molar-refractivity contribution is 0.346. The maximum Gasteiger partial charge on any atom is 0.263 e. The van der Waals surface area contributed by atoms with Crippen LogP contribution in [0.4, 0.5) is 5.69 Å². The van der Waals surface area contributed by atoms with Crippen LogP contribution < -0.4 is 9.46 Å². The van der Waals surface area contributed by atoms with Gasteiger partial charge in [0.1, 0.15) is 10.6 Å². The van der Waals surface area contributed by atoms with Crippen molar-refractivity contribution in [3.05, 3.63) is 47.5 Å². The molecule has 28 heavy (non-hydrogen) atoms. The lowest BCUT2D eigenvalue weighted by Crippen LogP contribution is -2.35. The summed E-state index contributed by atoms with van der Waals surface area (Å²) in [5.74, 6) is 0.202. The molecule has 3 rings (SSSR count). The molecule has 0 bridgehead atoms. The molecule has 0 saturated carbocycles. The first-order valence-electron chi connectivity index (χ1n) is 8.71. The molecule has 1 N–H and O–H groups in total. The Hall–Kier alpha value is -1.81. The molecular formula is C18H21ClN2O5S2. The van der Waals surface area contributed by atoms with Crippen molar-refractivity contribution in [1.29, 1.82) is 0 Å². The van der Waals surface area contributed by atoms with E-state index >= 15 is 0 Å². The second-order valence-electron chi connectivity index (χ2n) is 6.36. The molecule has 0 spiro atoms. The minimum atomic E-state index is -4.03. The Kier molecular flexibility index (Phi) is 6.18. The number of methoxy groups -OCH3 is 1. The monoisotopic (exact) mass is 444 g/mol. The zero-order chi connectivity index (χ0) is 20.4. The second-order valence-corrected chi connectivity index (χ2v) is 10.4. The van der Waals surface area contributed by atoms with Gasteiger partial charge in [-0.25, -0.2) is 16.8 Å². The largest absolute Gasteiger partial charge is 0.495 e. The van der Waals surface area contributed by atoms with E-state index in [-0.39, 0.29) is 26.3 Å². The van der Waals surface area contributed by atoms with Gasteiger partial charge in [0.15, 0.2) is 0 Å². The summed E-state index contributed by atoms with van der Waals surface area (Å²) < 4.78 is 60.3. The van der Waals surface area contributed by atoms with Crippen molar-refractivity contribution in [2.45, 2.75) is 29.1 Å². The van der Waals surface area contributed by atoms with Crippen LogP contribution in [0.1, 0.15) is 19.3 Å². The zero-order valence-corrected chi connectivity index (χ0v) is 17.6. The first-order valence-corrected chi connectivity index (χ1v) is 12.0. The molecule has 0 aliphatic carbocycles. The van der Waals surface area contributed by atoms with E-state index in [2.05, 4.69) is 4.72 Å². The van der Waals surface area contributed by atoms with Gasteiger partial charge in [-0.3, -0.25) is 4.72 Å². The molecule has 0 atom stereocenters. The third-order valence-electron chi connectivity index (χ3n) is 4.49. The van der Waals surface area contributed by atoms with Gasteiger partial charge in [-0.2, -0.15) is 4.31 Å². The highest BCUT2D eigenvalue weighted by Crippen LogP contribution is 2.32. The topological polar surface area (TPSA) is 92.8 Å². The van der Waals surface area contributed by atoms with Crippen molar-refractivity contribution in [1.82, 2.24) is 4.31 Å². The van der Waals surface area contributed by atoms with Crippen LogP contribution in [-0.2, 0) is 20.0 Å². The van der Waals surface area contributed by atoms with Crippen LogP contribution in [-0.4, -0.2) is 41.3 Å². The standard InChI is InChI=1S/C18H21ClN2O5S2/c1-26-17-10-9-14(28(24,25)21-11-5-2-6-12-21)13-16(17)20-27(22,23)18-8-4-3-7-15(18)19/h3-4,7-10,13,20H,2,5-6,11-12H2,1H3. The van der Waals surface area contributed by atoms with Crippen LogP contribution >= 0.6 is 11.6 Å². The van der Waals surface area contributed by atoms with Crippen LogP contribution in [0.25, 0.3) is 0 Å². The number of piperidine rings is 1. The molecule has 1 fully saturated rings. The number of hydrogen-bond acceptors (Lipinski definition) is 5. The number of benzene rings is 2. The molecule has 0 radical (unpaired) electrons. The number of anilines is 1. The van der Waals surface area contributed by atoms with E-state index < -0.39 is 20.0 Å². The highest BCUT2D eigenvalue weighted by molar-refractivity contribution is 7.93. The van der Waals surface area contributed by atoms with Crippen LogP contribution in [0.3, 0.4) is 0 Å². The lowest BCUT2D eigenvalue weighted by atomic mass is 10.2. The predicted molar refractivity (Wildman–Crippen MR) is 108 cm³/mol. The lowest BCUT2D eigenvalue weighted by Gasteiger charge is -2.26. The molecule has 1 aliphatic rings. The van der Waals surface area contributed by atoms with E-state index in [0.29, 0.717) is 13.1 Å². The summed E-state index contributed by atoms with van der Waals surface area (Å²) in [6, 6.07) is 10.1. The van der Waals surface area contributed by atoms with Gasteiger partial charge >= 0.3 is 0 Å². The van der Waals surface area contributed by atoms with Crippen LogP contribution in [0.2, 0.25) is 5.02 Å². The van der Waals surface area contributed by atoms with Gasteiger partial charge < -0.3 is 4.74 Å². The maximum atomic E-state index is 12.9. The Morgan fingerprint density at radius 1 is 1.00 bits per heavy atom. The Morgan fingerprint density at radius 2 is 1.68 bits per heavy atom. The number of nitrogens with zero attached hydrogens (tertiary/aromatic N) is 1. The van der Waals surface area contributed by atoms with Crippen molar-refractivity contribution in [2.24, 2.45) is 0 Å². The molecule has 2 aromatic rings. The summed E-state index contributed by atoms with van der Waals surface area (Å²) in [6.45, 7) is 0.907. The highest BCUT2D eigenvalue weighted by Gasteiger charge is 2.28.